The molecule has 2 heterocycles. The SMILES string of the molecule is CCc1noc(CC)c1CC(=O)N1CC[C@H](CN)C1. The Hall–Kier alpha value is -1.36. The summed E-state index contributed by atoms with van der Waals surface area (Å²) in [4.78, 5) is 14.2. The van der Waals surface area contributed by atoms with Gasteiger partial charge < -0.3 is 15.2 Å². The van der Waals surface area contributed by atoms with Crippen molar-refractivity contribution in [2.45, 2.75) is 39.5 Å². The van der Waals surface area contributed by atoms with Crippen molar-refractivity contribution < 1.29 is 9.32 Å². The third-order valence-electron chi connectivity index (χ3n) is 3.91. The molecule has 0 radical (unpaired) electrons. The Bertz CT molecular complexity index is 420. The van der Waals surface area contributed by atoms with E-state index in [9.17, 15) is 4.79 Å². The van der Waals surface area contributed by atoms with Crippen molar-refractivity contribution >= 4 is 5.91 Å². The van der Waals surface area contributed by atoms with Crippen molar-refractivity contribution in [2.24, 2.45) is 11.7 Å². The molecule has 0 aromatic carbocycles. The van der Waals surface area contributed by atoms with Crippen LogP contribution in [0.2, 0.25) is 0 Å². The Kier molecular flexibility index (Phi) is 4.58. The normalized spacial score (nSPS) is 19.1. The average molecular weight is 265 g/mol. The second kappa shape index (κ2) is 6.19. The minimum Gasteiger partial charge on any atom is -0.361 e. The number of nitrogens with two attached hydrogens (primary N) is 1. The number of aromatic nitrogens is 1. The quantitative estimate of drug-likeness (QED) is 0.866. The monoisotopic (exact) mass is 265 g/mol. The number of amides is 1. The van der Waals surface area contributed by atoms with Crippen LogP contribution in [-0.2, 0) is 24.1 Å². The molecule has 5 nitrogen and oxygen atoms in total. The molecule has 5 heteroatoms. The number of hydrogen-bond donors (Lipinski definition) is 1. The molecule has 1 aromatic rings. The Morgan fingerprint density at radius 3 is 2.84 bits per heavy atom. The molecular formula is C14H23N3O2. The Balaban J connectivity index is 2.04. The molecule has 0 unspecified atom stereocenters. The van der Waals surface area contributed by atoms with Crippen LogP contribution in [0.3, 0.4) is 0 Å². The summed E-state index contributed by atoms with van der Waals surface area (Å²) in [7, 11) is 0. The fourth-order valence-electron chi connectivity index (χ4n) is 2.65. The molecular weight excluding hydrogens is 242 g/mol. The first-order chi connectivity index (χ1) is 9.19. The summed E-state index contributed by atoms with van der Waals surface area (Å²) in [6.45, 7) is 6.34. The molecule has 1 amide bonds. The zero-order valence-corrected chi connectivity index (χ0v) is 11.8. The summed E-state index contributed by atoms with van der Waals surface area (Å²) in [6.07, 6.45) is 3.01. The van der Waals surface area contributed by atoms with E-state index < -0.39 is 0 Å². The van der Waals surface area contributed by atoms with Crippen LogP contribution in [0.5, 0.6) is 0 Å². The van der Waals surface area contributed by atoms with Gasteiger partial charge in [0.15, 0.2) is 0 Å². The van der Waals surface area contributed by atoms with Crippen LogP contribution in [0.1, 0.15) is 37.3 Å². The van der Waals surface area contributed by atoms with Gasteiger partial charge in [-0.2, -0.15) is 0 Å². The van der Waals surface area contributed by atoms with Crippen molar-refractivity contribution in [1.29, 1.82) is 0 Å². The summed E-state index contributed by atoms with van der Waals surface area (Å²) in [5.41, 5.74) is 7.57. The van der Waals surface area contributed by atoms with Gasteiger partial charge in [0.1, 0.15) is 5.76 Å². The summed E-state index contributed by atoms with van der Waals surface area (Å²) < 4.78 is 5.30. The second-order valence-corrected chi connectivity index (χ2v) is 5.15. The molecule has 1 fully saturated rings. The standard InChI is InChI=1S/C14H23N3O2/c1-3-12-11(13(4-2)19-16-12)7-14(18)17-6-5-10(8-15)9-17/h10H,3-9,15H2,1-2H3/t10-/m1/s1. The highest BCUT2D eigenvalue weighted by Gasteiger charge is 2.27. The largest absolute Gasteiger partial charge is 0.361 e. The molecule has 0 spiro atoms. The predicted molar refractivity (Wildman–Crippen MR) is 72.7 cm³/mol. The molecule has 1 atom stereocenters. The van der Waals surface area contributed by atoms with Gasteiger partial charge in [0.05, 0.1) is 12.1 Å². The lowest BCUT2D eigenvalue weighted by Crippen LogP contribution is -2.31. The number of likely N-dealkylation sites (tertiary alicyclic amines) is 1. The fourth-order valence-corrected chi connectivity index (χ4v) is 2.65. The number of carbonyl (C=O) groups is 1. The second-order valence-electron chi connectivity index (χ2n) is 5.15. The first-order valence-corrected chi connectivity index (χ1v) is 7.13. The number of nitrogens with zero attached hydrogens (tertiary/aromatic N) is 2. The molecule has 2 N–H and O–H groups in total. The molecule has 1 saturated heterocycles. The van der Waals surface area contributed by atoms with Crippen LogP contribution in [0.15, 0.2) is 4.52 Å². The van der Waals surface area contributed by atoms with Gasteiger partial charge in [-0.25, -0.2) is 0 Å². The Labute approximate surface area is 114 Å². The van der Waals surface area contributed by atoms with Gasteiger partial charge in [0, 0.05) is 25.1 Å². The first-order valence-electron chi connectivity index (χ1n) is 7.13. The fraction of sp³-hybridized carbons (Fsp3) is 0.714. The van der Waals surface area contributed by atoms with Crippen molar-refractivity contribution in [3.8, 4) is 0 Å². The van der Waals surface area contributed by atoms with Gasteiger partial charge in [-0.15, -0.1) is 0 Å². The van der Waals surface area contributed by atoms with Crippen LogP contribution in [0.4, 0.5) is 0 Å². The van der Waals surface area contributed by atoms with E-state index in [1.54, 1.807) is 0 Å². The highest BCUT2D eigenvalue weighted by atomic mass is 16.5. The predicted octanol–water partition coefficient (Wildman–Crippen LogP) is 1.15. The van der Waals surface area contributed by atoms with Crippen LogP contribution in [0.25, 0.3) is 0 Å². The Morgan fingerprint density at radius 1 is 1.47 bits per heavy atom. The van der Waals surface area contributed by atoms with E-state index in [-0.39, 0.29) is 5.91 Å². The molecule has 2 rings (SSSR count). The number of rotatable bonds is 5. The summed E-state index contributed by atoms with van der Waals surface area (Å²) in [5.74, 6) is 1.48. The lowest BCUT2D eigenvalue weighted by atomic mass is 10.1. The molecule has 1 aromatic heterocycles. The molecule has 0 aliphatic carbocycles. The van der Waals surface area contributed by atoms with Crippen molar-refractivity contribution in [3.63, 3.8) is 0 Å². The highest BCUT2D eigenvalue weighted by Crippen LogP contribution is 2.20. The van der Waals surface area contributed by atoms with E-state index in [1.807, 2.05) is 18.7 Å². The van der Waals surface area contributed by atoms with E-state index in [2.05, 4.69) is 5.16 Å². The van der Waals surface area contributed by atoms with Crippen LogP contribution < -0.4 is 5.73 Å². The third-order valence-corrected chi connectivity index (χ3v) is 3.91. The van der Waals surface area contributed by atoms with Gasteiger partial charge >= 0.3 is 0 Å². The average Bonchev–Trinajstić information content (AvgIpc) is 3.04. The van der Waals surface area contributed by atoms with Crippen LogP contribution in [0, 0.1) is 5.92 Å². The lowest BCUT2D eigenvalue weighted by molar-refractivity contribution is -0.129. The van der Waals surface area contributed by atoms with Gasteiger partial charge in [-0.05, 0) is 25.3 Å². The topological polar surface area (TPSA) is 72.4 Å². The number of carbonyl (C=O) groups excluding carboxylic acids is 1. The van der Waals surface area contributed by atoms with E-state index in [1.165, 1.54) is 0 Å². The maximum Gasteiger partial charge on any atom is 0.227 e. The zero-order valence-electron chi connectivity index (χ0n) is 11.8. The smallest absolute Gasteiger partial charge is 0.227 e. The molecule has 1 aliphatic heterocycles. The van der Waals surface area contributed by atoms with E-state index in [0.717, 1.165) is 49.4 Å². The summed E-state index contributed by atoms with van der Waals surface area (Å²) in [6, 6.07) is 0. The minimum absolute atomic E-state index is 0.170. The van der Waals surface area contributed by atoms with Crippen LogP contribution >= 0.6 is 0 Å². The van der Waals surface area contributed by atoms with Gasteiger partial charge in [0.2, 0.25) is 5.91 Å². The first kappa shape index (κ1) is 14.1. The van der Waals surface area contributed by atoms with Crippen molar-refractivity contribution in [2.75, 3.05) is 19.6 Å². The third kappa shape index (κ3) is 2.97. The van der Waals surface area contributed by atoms with E-state index >= 15 is 0 Å². The highest BCUT2D eigenvalue weighted by molar-refractivity contribution is 5.79. The zero-order chi connectivity index (χ0) is 13.8. The van der Waals surface area contributed by atoms with Crippen molar-refractivity contribution in [1.82, 2.24) is 10.1 Å². The van der Waals surface area contributed by atoms with E-state index in [0.29, 0.717) is 18.9 Å². The Morgan fingerprint density at radius 2 is 2.26 bits per heavy atom. The lowest BCUT2D eigenvalue weighted by Gasteiger charge is -2.16. The van der Waals surface area contributed by atoms with Crippen LogP contribution in [-0.4, -0.2) is 35.6 Å². The molecule has 0 bridgehead atoms. The molecule has 19 heavy (non-hydrogen) atoms. The van der Waals surface area contributed by atoms with Gasteiger partial charge in [-0.1, -0.05) is 19.0 Å². The number of aryl methyl sites for hydroxylation is 2. The molecule has 0 saturated carbocycles. The van der Waals surface area contributed by atoms with Gasteiger partial charge in [0.25, 0.3) is 0 Å². The minimum atomic E-state index is 0.170. The maximum absolute atomic E-state index is 12.3. The van der Waals surface area contributed by atoms with Gasteiger partial charge in [-0.3, -0.25) is 4.79 Å². The molecule has 1 aliphatic rings. The summed E-state index contributed by atoms with van der Waals surface area (Å²) in [5, 5.41) is 4.05. The van der Waals surface area contributed by atoms with Crippen molar-refractivity contribution in [3.05, 3.63) is 17.0 Å². The molecule has 106 valence electrons. The maximum atomic E-state index is 12.3. The summed E-state index contributed by atoms with van der Waals surface area (Å²) >= 11 is 0. The van der Waals surface area contributed by atoms with E-state index in [4.69, 9.17) is 10.3 Å². The number of hydrogen-bond acceptors (Lipinski definition) is 4.